The molecule has 0 bridgehead atoms. The van der Waals surface area contributed by atoms with Gasteiger partial charge in [0.15, 0.2) is 0 Å². The molecular formula is C19H23NaO5S. The van der Waals surface area contributed by atoms with E-state index in [0.29, 0.717) is 5.75 Å². The maximum absolute atomic E-state index is 12.0. The number of unbranched alkanes of at least 4 members (excludes halogenated alkanes) is 4. The summed E-state index contributed by atoms with van der Waals surface area (Å²) in [5.74, 6) is -0.525. The first-order valence-corrected chi connectivity index (χ1v) is 9.90. The van der Waals surface area contributed by atoms with Crippen molar-refractivity contribution in [2.45, 2.75) is 50.3 Å². The van der Waals surface area contributed by atoms with Crippen LogP contribution >= 0.6 is 0 Å². The van der Waals surface area contributed by atoms with E-state index in [1.54, 1.807) is 12.1 Å². The van der Waals surface area contributed by atoms with Crippen molar-refractivity contribution in [2.75, 3.05) is 0 Å². The second-order valence-corrected chi connectivity index (χ2v) is 7.32. The van der Waals surface area contributed by atoms with Crippen LogP contribution in [0.4, 0.5) is 0 Å². The predicted molar refractivity (Wildman–Crippen MR) is 94.7 cm³/mol. The summed E-state index contributed by atoms with van der Waals surface area (Å²) in [6, 6.07) is 10.9. The number of ether oxygens (including phenoxy) is 1. The Morgan fingerprint density at radius 1 is 1.00 bits per heavy atom. The molecule has 2 aromatic carbocycles. The molecule has 2 rings (SSSR count). The largest absolute Gasteiger partial charge is 1.00 e. The second kappa shape index (κ2) is 10.9. The number of hydrogen-bond acceptors (Lipinski definition) is 4. The fourth-order valence-electron chi connectivity index (χ4n) is 2.64. The van der Waals surface area contributed by atoms with E-state index < -0.39 is 20.8 Å². The minimum absolute atomic E-state index is 0. The van der Waals surface area contributed by atoms with Gasteiger partial charge < -0.3 is 9.84 Å². The van der Waals surface area contributed by atoms with Crippen LogP contribution in [0, 0.1) is 0 Å². The molecule has 0 radical (unpaired) electrons. The van der Waals surface area contributed by atoms with Gasteiger partial charge in [-0.1, -0.05) is 68.7 Å². The van der Waals surface area contributed by atoms with Crippen molar-refractivity contribution in [3.8, 4) is 17.2 Å². The molecule has 2 aromatic rings. The summed E-state index contributed by atoms with van der Waals surface area (Å²) in [7, 11) is -4.54. The molecule has 0 fully saturated rings. The molecule has 0 saturated carbocycles. The van der Waals surface area contributed by atoms with Crippen LogP contribution < -0.4 is 39.4 Å². The monoisotopic (exact) mass is 386 g/mol. The van der Waals surface area contributed by atoms with Crippen molar-refractivity contribution >= 4 is 10.1 Å². The van der Waals surface area contributed by atoms with Crippen LogP contribution in [0.2, 0.25) is 0 Å². The fourth-order valence-corrected chi connectivity index (χ4v) is 3.27. The number of aryl methyl sites for hydroxylation is 1. The van der Waals surface area contributed by atoms with Crippen molar-refractivity contribution in [1.29, 1.82) is 0 Å². The smallest absolute Gasteiger partial charge is 0.870 e. The molecule has 136 valence electrons. The van der Waals surface area contributed by atoms with Gasteiger partial charge in [0.25, 0.3) is 10.1 Å². The minimum atomic E-state index is -4.54. The van der Waals surface area contributed by atoms with Gasteiger partial charge in [-0.3, -0.25) is 4.55 Å². The third-order valence-corrected chi connectivity index (χ3v) is 4.83. The van der Waals surface area contributed by atoms with Crippen molar-refractivity contribution in [1.82, 2.24) is 0 Å². The van der Waals surface area contributed by atoms with Crippen LogP contribution in [0.3, 0.4) is 0 Å². The molecule has 0 heterocycles. The van der Waals surface area contributed by atoms with Crippen LogP contribution in [0.15, 0.2) is 47.4 Å². The van der Waals surface area contributed by atoms with Gasteiger partial charge >= 0.3 is 29.6 Å². The van der Waals surface area contributed by atoms with Gasteiger partial charge in [0.2, 0.25) is 0 Å². The van der Waals surface area contributed by atoms with Crippen molar-refractivity contribution < 1.29 is 52.4 Å². The van der Waals surface area contributed by atoms with E-state index in [1.165, 1.54) is 31.4 Å². The third-order valence-electron chi connectivity index (χ3n) is 3.95. The van der Waals surface area contributed by atoms with E-state index in [0.717, 1.165) is 30.9 Å². The van der Waals surface area contributed by atoms with E-state index in [1.807, 2.05) is 12.1 Å². The number of hydrogen-bond donors (Lipinski definition) is 1. The summed E-state index contributed by atoms with van der Waals surface area (Å²) in [4.78, 5) is -0.516. The van der Waals surface area contributed by atoms with Crippen LogP contribution in [-0.4, -0.2) is 13.0 Å². The second-order valence-electron chi connectivity index (χ2n) is 5.93. The first-order chi connectivity index (χ1) is 11.9. The maximum atomic E-state index is 12.0. The standard InChI is InChI=1S/C19H24O5S.Na/c1-2-3-4-5-6-10-15-11-7-8-13-17(15)24-19-16(20)12-9-14-18(19)25(21,22)23;/h7-9,11-14,20H,2-6,10H2,1H3,(H,21,22,23);/q;+1/p-1. The topological polar surface area (TPSA) is 86.7 Å². The van der Waals surface area contributed by atoms with Crippen LogP contribution in [0.25, 0.3) is 0 Å². The number of para-hydroxylation sites is 2. The SMILES string of the molecule is CCCCCCCc1ccccc1Oc1c([O-])cccc1S(=O)(=O)O.[Na+]. The van der Waals surface area contributed by atoms with Gasteiger partial charge in [-0.05, 0) is 30.5 Å². The maximum Gasteiger partial charge on any atom is 1.00 e. The third kappa shape index (κ3) is 6.59. The molecule has 0 unspecified atom stereocenters. The molecule has 0 spiro atoms. The van der Waals surface area contributed by atoms with E-state index >= 15 is 0 Å². The Hall–Kier alpha value is -1.05. The van der Waals surface area contributed by atoms with Gasteiger partial charge in [0.05, 0.1) is 0 Å². The Bertz CT molecular complexity index is 805. The normalized spacial score (nSPS) is 11.0. The summed E-state index contributed by atoms with van der Waals surface area (Å²) >= 11 is 0. The molecule has 0 aliphatic carbocycles. The van der Waals surface area contributed by atoms with Gasteiger partial charge in [-0.25, -0.2) is 0 Å². The molecule has 7 heteroatoms. The molecule has 0 atom stereocenters. The Morgan fingerprint density at radius 3 is 2.38 bits per heavy atom. The molecule has 0 saturated heterocycles. The average Bonchev–Trinajstić information content (AvgIpc) is 2.57. The zero-order valence-corrected chi connectivity index (χ0v) is 18.1. The molecular weight excluding hydrogens is 363 g/mol. The van der Waals surface area contributed by atoms with Crippen LogP contribution in [0.1, 0.15) is 44.6 Å². The van der Waals surface area contributed by atoms with Gasteiger partial charge in [-0.2, -0.15) is 8.42 Å². The van der Waals surface area contributed by atoms with Crippen molar-refractivity contribution in [2.24, 2.45) is 0 Å². The van der Waals surface area contributed by atoms with E-state index in [4.69, 9.17) is 4.74 Å². The summed E-state index contributed by atoms with van der Waals surface area (Å²) in [5, 5.41) is 12.0. The molecule has 1 N–H and O–H groups in total. The first kappa shape index (κ1) is 23.0. The molecule has 0 aliphatic heterocycles. The van der Waals surface area contributed by atoms with Gasteiger partial charge in [0, 0.05) is 0 Å². The quantitative estimate of drug-likeness (QED) is 0.399. The summed E-state index contributed by atoms with van der Waals surface area (Å²) in [6.07, 6.45) is 6.44. The van der Waals surface area contributed by atoms with Crippen molar-refractivity contribution in [3.63, 3.8) is 0 Å². The zero-order chi connectivity index (χ0) is 18.3. The van der Waals surface area contributed by atoms with Crippen LogP contribution in [-0.2, 0) is 16.5 Å². The molecule has 5 nitrogen and oxygen atoms in total. The molecule has 0 amide bonds. The molecule has 0 aromatic heterocycles. The van der Waals surface area contributed by atoms with Gasteiger partial charge in [-0.15, -0.1) is 0 Å². The Kier molecular flexibility index (Phi) is 9.68. The van der Waals surface area contributed by atoms with Gasteiger partial charge in [0.1, 0.15) is 16.4 Å². The zero-order valence-electron chi connectivity index (χ0n) is 15.3. The summed E-state index contributed by atoms with van der Waals surface area (Å²) < 4.78 is 37.9. The average molecular weight is 386 g/mol. The Balaban J connectivity index is 0.00000338. The van der Waals surface area contributed by atoms with E-state index in [9.17, 15) is 18.1 Å². The fraction of sp³-hybridized carbons (Fsp3) is 0.368. The molecule has 26 heavy (non-hydrogen) atoms. The number of rotatable bonds is 9. The Morgan fingerprint density at radius 2 is 1.69 bits per heavy atom. The van der Waals surface area contributed by atoms with E-state index in [-0.39, 0.29) is 35.3 Å². The van der Waals surface area contributed by atoms with Crippen LogP contribution in [0.5, 0.6) is 17.2 Å². The first-order valence-electron chi connectivity index (χ1n) is 8.46. The summed E-state index contributed by atoms with van der Waals surface area (Å²) in [6.45, 7) is 2.16. The van der Waals surface area contributed by atoms with E-state index in [2.05, 4.69) is 6.92 Å². The minimum Gasteiger partial charge on any atom is -0.870 e. The predicted octanol–water partition coefficient (Wildman–Crippen LogP) is 1.32. The molecule has 0 aliphatic rings. The Labute approximate surface area is 177 Å². The number of benzene rings is 2. The van der Waals surface area contributed by atoms with Crippen molar-refractivity contribution in [3.05, 3.63) is 48.0 Å². The summed E-state index contributed by atoms with van der Waals surface area (Å²) in [5.41, 5.74) is 0.906.